The zero-order valence-electron chi connectivity index (χ0n) is 12.8. The van der Waals surface area contributed by atoms with E-state index in [-0.39, 0.29) is 11.8 Å². The van der Waals surface area contributed by atoms with Gasteiger partial charge in [0.1, 0.15) is 0 Å². The van der Waals surface area contributed by atoms with Crippen molar-refractivity contribution in [3.63, 3.8) is 0 Å². The van der Waals surface area contributed by atoms with Crippen LogP contribution in [-0.2, 0) is 22.7 Å². The predicted molar refractivity (Wildman–Crippen MR) is 86.4 cm³/mol. The Morgan fingerprint density at radius 2 is 1.59 bits per heavy atom. The molecule has 1 aromatic rings. The Labute approximate surface area is 131 Å². The molecule has 1 heterocycles. The largest absolute Gasteiger partial charge is 0.334 e. The Hall–Kier alpha value is -2.36. The molecule has 2 rings (SSSR count). The van der Waals surface area contributed by atoms with Crippen LogP contribution in [-0.4, -0.2) is 21.6 Å². The lowest BCUT2D eigenvalue weighted by molar-refractivity contribution is -0.132. The smallest absolute Gasteiger partial charge is 0.230 e. The molecule has 0 radical (unpaired) electrons. The molecular weight excluding hydrogens is 276 g/mol. The van der Waals surface area contributed by atoms with Crippen LogP contribution < -0.4 is 0 Å². The highest BCUT2D eigenvalue weighted by molar-refractivity contribution is 5.78. The molecule has 22 heavy (non-hydrogen) atoms. The Morgan fingerprint density at radius 1 is 1.05 bits per heavy atom. The molecule has 1 aromatic carbocycles. The number of fused-ring (bicyclic) bond motifs is 1. The second-order valence-electron chi connectivity index (χ2n) is 5.39. The number of carbonyl (C=O) groups excluding carboxylic acids is 2. The first-order valence-corrected chi connectivity index (χ1v) is 7.56. The lowest BCUT2D eigenvalue weighted by atomic mass is 10.1. The predicted octanol–water partition coefficient (Wildman–Crippen LogP) is 3.20. The molecule has 2 amide bonds. The highest BCUT2D eigenvalue weighted by Gasteiger charge is 2.22. The fourth-order valence-electron chi connectivity index (χ4n) is 2.63. The van der Waals surface area contributed by atoms with Gasteiger partial charge < -0.3 is 4.90 Å². The summed E-state index contributed by atoms with van der Waals surface area (Å²) in [4.78, 5) is 27.2. The van der Waals surface area contributed by atoms with Crippen LogP contribution in [0.4, 0.5) is 0 Å². The molecule has 4 heteroatoms. The first kappa shape index (κ1) is 16.0. The lowest BCUT2D eigenvalue weighted by Gasteiger charge is -2.15. The molecule has 1 aliphatic rings. The van der Waals surface area contributed by atoms with Crippen molar-refractivity contribution < 1.29 is 9.59 Å². The number of hydrogen-bond donors (Lipinski definition) is 0. The summed E-state index contributed by atoms with van der Waals surface area (Å²) in [6.07, 6.45) is 5.21. The summed E-state index contributed by atoms with van der Waals surface area (Å²) in [6.45, 7) is 8.51. The number of rotatable bonds is 7. The second kappa shape index (κ2) is 7.59. The summed E-state index contributed by atoms with van der Waals surface area (Å²) in [7, 11) is 0. The van der Waals surface area contributed by atoms with Crippen LogP contribution in [0.5, 0.6) is 0 Å². The van der Waals surface area contributed by atoms with Gasteiger partial charge in [0.15, 0.2) is 0 Å². The summed E-state index contributed by atoms with van der Waals surface area (Å²) >= 11 is 0. The minimum atomic E-state index is -0.0361. The van der Waals surface area contributed by atoms with Gasteiger partial charge in [-0.2, -0.15) is 0 Å². The SMILES string of the molecule is C=CN(C=C)C(=O)CCCCC(=O)N1Cc2ccccc2C1. The summed E-state index contributed by atoms with van der Waals surface area (Å²) in [5.41, 5.74) is 2.47. The molecule has 1 aliphatic heterocycles. The number of benzene rings is 1. The number of nitrogens with zero attached hydrogens (tertiary/aromatic N) is 2. The van der Waals surface area contributed by atoms with Crippen LogP contribution in [0.15, 0.2) is 49.8 Å². The highest BCUT2D eigenvalue weighted by Crippen LogP contribution is 2.23. The monoisotopic (exact) mass is 298 g/mol. The van der Waals surface area contributed by atoms with E-state index >= 15 is 0 Å². The summed E-state index contributed by atoms with van der Waals surface area (Å²) in [5.74, 6) is 0.124. The van der Waals surface area contributed by atoms with Gasteiger partial charge >= 0.3 is 0 Å². The zero-order valence-corrected chi connectivity index (χ0v) is 12.8. The summed E-state index contributed by atoms with van der Waals surface area (Å²) in [5, 5.41) is 0. The molecule has 0 aromatic heterocycles. The molecule has 0 saturated carbocycles. The third kappa shape index (κ3) is 3.85. The van der Waals surface area contributed by atoms with Gasteiger partial charge in [0.05, 0.1) is 0 Å². The van der Waals surface area contributed by atoms with Crippen LogP contribution in [0.1, 0.15) is 36.8 Å². The van der Waals surface area contributed by atoms with Crippen molar-refractivity contribution in [3.8, 4) is 0 Å². The van der Waals surface area contributed by atoms with Crippen LogP contribution in [0.3, 0.4) is 0 Å². The maximum atomic E-state index is 12.2. The molecule has 116 valence electrons. The average molecular weight is 298 g/mol. The average Bonchev–Trinajstić information content (AvgIpc) is 2.96. The van der Waals surface area contributed by atoms with Gasteiger partial charge in [0.25, 0.3) is 0 Å². The van der Waals surface area contributed by atoms with Gasteiger partial charge in [0, 0.05) is 38.3 Å². The Kier molecular flexibility index (Phi) is 5.53. The van der Waals surface area contributed by atoms with Crippen molar-refractivity contribution in [2.45, 2.75) is 38.8 Å². The van der Waals surface area contributed by atoms with E-state index in [2.05, 4.69) is 25.3 Å². The summed E-state index contributed by atoms with van der Waals surface area (Å²) < 4.78 is 0. The van der Waals surface area contributed by atoms with Crippen molar-refractivity contribution in [2.24, 2.45) is 0 Å². The van der Waals surface area contributed by atoms with E-state index in [9.17, 15) is 9.59 Å². The van der Waals surface area contributed by atoms with Crippen molar-refractivity contribution in [2.75, 3.05) is 0 Å². The topological polar surface area (TPSA) is 40.6 Å². The summed E-state index contributed by atoms with van der Waals surface area (Å²) in [6, 6.07) is 8.15. The molecule has 0 atom stereocenters. The molecule has 4 nitrogen and oxygen atoms in total. The van der Waals surface area contributed by atoms with E-state index in [0.717, 1.165) is 6.42 Å². The van der Waals surface area contributed by atoms with Crippen LogP contribution in [0.25, 0.3) is 0 Å². The first-order chi connectivity index (χ1) is 10.7. The van der Waals surface area contributed by atoms with Gasteiger partial charge in [-0.1, -0.05) is 37.4 Å². The molecule has 0 unspecified atom stereocenters. The molecule has 0 N–H and O–H groups in total. The van der Waals surface area contributed by atoms with Gasteiger partial charge in [-0.3, -0.25) is 14.5 Å². The standard InChI is InChI=1S/C18H22N2O2/c1-3-19(4-2)17(21)11-7-8-12-18(22)20-13-15-9-5-6-10-16(15)14-20/h3-6,9-10H,1-2,7-8,11-14H2. The second-order valence-corrected chi connectivity index (χ2v) is 5.39. The molecule has 0 aliphatic carbocycles. The van der Waals surface area contributed by atoms with Crippen molar-refractivity contribution in [1.29, 1.82) is 0 Å². The Morgan fingerprint density at radius 3 is 2.14 bits per heavy atom. The van der Waals surface area contributed by atoms with E-state index < -0.39 is 0 Å². The van der Waals surface area contributed by atoms with Gasteiger partial charge in [-0.25, -0.2) is 0 Å². The fraction of sp³-hybridized carbons (Fsp3) is 0.333. The van der Waals surface area contributed by atoms with Crippen molar-refractivity contribution >= 4 is 11.8 Å². The molecule has 0 fully saturated rings. The Balaban J connectivity index is 1.70. The Bertz CT molecular complexity index is 547. The number of carbonyl (C=O) groups is 2. The molecular formula is C18H22N2O2. The van der Waals surface area contributed by atoms with Crippen molar-refractivity contribution in [1.82, 2.24) is 9.80 Å². The molecule has 0 bridgehead atoms. The quantitative estimate of drug-likeness (QED) is 0.725. The number of amides is 2. The number of hydrogen-bond acceptors (Lipinski definition) is 2. The zero-order chi connectivity index (χ0) is 15.9. The van der Waals surface area contributed by atoms with Gasteiger partial charge in [0.2, 0.25) is 11.8 Å². The minimum Gasteiger partial charge on any atom is -0.334 e. The molecule has 0 saturated heterocycles. The normalized spacial score (nSPS) is 12.6. The van der Waals surface area contributed by atoms with E-state index in [1.165, 1.54) is 28.4 Å². The molecule has 0 spiro atoms. The van der Waals surface area contributed by atoms with E-state index in [1.54, 1.807) is 0 Å². The van der Waals surface area contributed by atoms with E-state index in [0.29, 0.717) is 32.4 Å². The maximum absolute atomic E-state index is 12.2. The third-order valence-electron chi connectivity index (χ3n) is 3.91. The minimum absolute atomic E-state index is 0.0361. The van der Waals surface area contributed by atoms with Crippen LogP contribution in [0.2, 0.25) is 0 Å². The van der Waals surface area contributed by atoms with Crippen molar-refractivity contribution in [3.05, 3.63) is 61.0 Å². The van der Waals surface area contributed by atoms with E-state index in [4.69, 9.17) is 0 Å². The van der Waals surface area contributed by atoms with Crippen LogP contribution >= 0.6 is 0 Å². The lowest BCUT2D eigenvalue weighted by Crippen LogP contribution is -2.25. The van der Waals surface area contributed by atoms with Crippen LogP contribution in [0, 0.1) is 0 Å². The fourth-order valence-corrected chi connectivity index (χ4v) is 2.63. The first-order valence-electron chi connectivity index (χ1n) is 7.56. The highest BCUT2D eigenvalue weighted by atomic mass is 16.2. The van der Waals surface area contributed by atoms with E-state index in [1.807, 2.05) is 17.0 Å². The maximum Gasteiger partial charge on any atom is 0.230 e. The number of unbranched alkanes of at least 4 members (excludes halogenated alkanes) is 1. The van der Waals surface area contributed by atoms with Gasteiger partial charge in [-0.05, 0) is 24.0 Å². The van der Waals surface area contributed by atoms with Gasteiger partial charge in [-0.15, -0.1) is 0 Å². The third-order valence-corrected chi connectivity index (χ3v) is 3.91.